The average Bonchev–Trinajstić information content (AvgIpc) is 2.48. The van der Waals surface area contributed by atoms with E-state index in [9.17, 15) is 9.59 Å². The number of carbonyl (C=O) groups excluding carboxylic acids is 2. The molecule has 1 aromatic rings. The zero-order chi connectivity index (χ0) is 15.5. The molecule has 1 aliphatic rings. The quantitative estimate of drug-likeness (QED) is 0.713. The maximum atomic E-state index is 12.6. The van der Waals surface area contributed by atoms with Crippen molar-refractivity contribution in [1.29, 1.82) is 0 Å². The van der Waals surface area contributed by atoms with E-state index in [0.29, 0.717) is 37.3 Å². The molecular weight excluding hydrogens is 290 g/mol. The van der Waals surface area contributed by atoms with Crippen molar-refractivity contribution in [2.75, 3.05) is 18.5 Å². The first-order valence-corrected chi connectivity index (χ1v) is 6.95. The molecule has 1 saturated heterocycles. The molecule has 21 heavy (non-hydrogen) atoms. The van der Waals surface area contributed by atoms with E-state index in [1.54, 1.807) is 18.2 Å². The normalized spacial score (nSPS) is 17.0. The molecule has 112 valence electrons. The summed E-state index contributed by atoms with van der Waals surface area (Å²) in [4.78, 5) is 23.9. The van der Waals surface area contributed by atoms with E-state index >= 15 is 0 Å². The number of nitrogens with one attached hydrogen (secondary N) is 1. The number of nitrogens with two attached hydrogens (primary N) is 2. The monoisotopic (exact) mass is 307 g/mol. The number of thiocarbonyl (C=S) groups is 1. The van der Waals surface area contributed by atoms with Gasteiger partial charge in [-0.3, -0.25) is 9.59 Å². The van der Waals surface area contributed by atoms with E-state index in [2.05, 4.69) is 5.32 Å². The van der Waals surface area contributed by atoms with Crippen LogP contribution in [0.15, 0.2) is 24.3 Å². The first kappa shape index (κ1) is 15.4. The van der Waals surface area contributed by atoms with Gasteiger partial charge in [0, 0.05) is 24.5 Å². The number of benzene rings is 1. The maximum Gasteiger partial charge on any atom is 0.248 e. The van der Waals surface area contributed by atoms with E-state index in [4.69, 9.17) is 28.4 Å². The number of carbonyl (C=O) groups is 2. The molecule has 1 fully saturated rings. The third kappa shape index (κ3) is 3.20. The van der Waals surface area contributed by atoms with Crippen LogP contribution in [-0.4, -0.2) is 30.0 Å². The molecule has 5 N–H and O–H groups in total. The highest BCUT2D eigenvalue weighted by atomic mass is 32.1. The lowest BCUT2D eigenvalue weighted by Gasteiger charge is -2.34. The molecule has 1 aliphatic heterocycles. The predicted octanol–water partition coefficient (Wildman–Crippen LogP) is 0.807. The van der Waals surface area contributed by atoms with Crippen LogP contribution in [0.3, 0.4) is 0 Å². The summed E-state index contributed by atoms with van der Waals surface area (Å²) in [6, 6.07) is 6.42. The number of anilines is 1. The van der Waals surface area contributed by atoms with Gasteiger partial charge in [-0.25, -0.2) is 0 Å². The second-order valence-corrected chi connectivity index (χ2v) is 5.40. The van der Waals surface area contributed by atoms with Gasteiger partial charge in [-0.05, 0) is 31.0 Å². The summed E-state index contributed by atoms with van der Waals surface area (Å²) >= 11 is 5.07. The van der Waals surface area contributed by atoms with Crippen molar-refractivity contribution in [3.8, 4) is 0 Å². The highest BCUT2D eigenvalue weighted by Crippen LogP contribution is 2.32. The lowest BCUT2D eigenvalue weighted by atomic mass is 9.79. The zero-order valence-corrected chi connectivity index (χ0v) is 12.2. The molecule has 0 saturated carbocycles. The van der Waals surface area contributed by atoms with Crippen LogP contribution in [0.1, 0.15) is 23.2 Å². The molecule has 0 bridgehead atoms. The van der Waals surface area contributed by atoms with Crippen LogP contribution in [0.5, 0.6) is 0 Å². The van der Waals surface area contributed by atoms with Gasteiger partial charge in [0.05, 0.1) is 4.99 Å². The Morgan fingerprint density at radius 1 is 1.24 bits per heavy atom. The van der Waals surface area contributed by atoms with E-state index in [1.165, 1.54) is 6.07 Å². The summed E-state index contributed by atoms with van der Waals surface area (Å²) in [5.41, 5.74) is 10.9. The standard InChI is InChI=1S/C14H17N3O3S/c15-11(18)9-2-1-3-10(8-9)17-13(19)14(12(16)21)4-6-20-7-5-14/h1-3,8H,4-7H2,(H2,15,18)(H2,16,21)(H,17,19). The minimum Gasteiger partial charge on any atom is -0.392 e. The van der Waals surface area contributed by atoms with Gasteiger partial charge >= 0.3 is 0 Å². The lowest BCUT2D eigenvalue weighted by molar-refractivity contribution is -0.126. The third-order valence-corrected chi connectivity index (χ3v) is 4.05. The maximum absolute atomic E-state index is 12.6. The van der Waals surface area contributed by atoms with Crippen LogP contribution in [0.4, 0.5) is 5.69 Å². The summed E-state index contributed by atoms with van der Waals surface area (Å²) < 4.78 is 5.27. The van der Waals surface area contributed by atoms with E-state index < -0.39 is 11.3 Å². The number of ether oxygens (including phenoxy) is 1. The Morgan fingerprint density at radius 3 is 2.48 bits per heavy atom. The van der Waals surface area contributed by atoms with Crippen molar-refractivity contribution in [2.24, 2.45) is 16.9 Å². The Balaban J connectivity index is 2.21. The van der Waals surface area contributed by atoms with Gasteiger partial charge in [-0.2, -0.15) is 0 Å². The Bertz CT molecular complexity index is 583. The van der Waals surface area contributed by atoms with Crippen molar-refractivity contribution in [2.45, 2.75) is 12.8 Å². The van der Waals surface area contributed by atoms with Crippen LogP contribution in [0, 0.1) is 5.41 Å². The molecule has 2 rings (SSSR count). The van der Waals surface area contributed by atoms with Crippen LogP contribution in [-0.2, 0) is 9.53 Å². The highest BCUT2D eigenvalue weighted by molar-refractivity contribution is 7.80. The molecular formula is C14H17N3O3S. The fourth-order valence-electron chi connectivity index (χ4n) is 2.31. The molecule has 2 amide bonds. The van der Waals surface area contributed by atoms with Gasteiger partial charge in [0.25, 0.3) is 0 Å². The van der Waals surface area contributed by atoms with Crippen molar-refractivity contribution >= 4 is 34.7 Å². The lowest BCUT2D eigenvalue weighted by Crippen LogP contribution is -2.49. The Kier molecular flexibility index (Phi) is 4.54. The number of amides is 2. The average molecular weight is 307 g/mol. The molecule has 6 nitrogen and oxygen atoms in total. The molecule has 0 radical (unpaired) electrons. The minimum atomic E-state index is -0.906. The number of rotatable bonds is 4. The fourth-order valence-corrected chi connectivity index (χ4v) is 2.60. The number of hydrogen-bond donors (Lipinski definition) is 3. The Labute approximate surface area is 127 Å². The summed E-state index contributed by atoms with van der Waals surface area (Å²) in [5, 5.41) is 2.76. The van der Waals surface area contributed by atoms with Gasteiger partial charge in [0.1, 0.15) is 5.41 Å². The van der Waals surface area contributed by atoms with Gasteiger partial charge in [-0.15, -0.1) is 0 Å². The predicted molar refractivity (Wildman–Crippen MR) is 82.9 cm³/mol. The topological polar surface area (TPSA) is 107 Å². The number of hydrogen-bond acceptors (Lipinski definition) is 4. The zero-order valence-electron chi connectivity index (χ0n) is 11.4. The second-order valence-electron chi connectivity index (χ2n) is 4.96. The van der Waals surface area contributed by atoms with Crippen molar-refractivity contribution < 1.29 is 14.3 Å². The van der Waals surface area contributed by atoms with E-state index in [0.717, 1.165) is 0 Å². The highest BCUT2D eigenvalue weighted by Gasteiger charge is 2.43. The van der Waals surface area contributed by atoms with Gasteiger partial charge in [0.15, 0.2) is 0 Å². The molecule has 0 aliphatic carbocycles. The van der Waals surface area contributed by atoms with Gasteiger partial charge in [0.2, 0.25) is 11.8 Å². The Hall–Kier alpha value is -1.99. The second kappa shape index (κ2) is 6.19. The fraction of sp³-hybridized carbons (Fsp3) is 0.357. The SMILES string of the molecule is NC(=O)c1cccc(NC(=O)C2(C(N)=S)CCOCC2)c1. The first-order chi connectivity index (χ1) is 9.95. The van der Waals surface area contributed by atoms with Crippen LogP contribution >= 0.6 is 12.2 Å². The molecule has 0 atom stereocenters. The summed E-state index contributed by atoms with van der Waals surface area (Å²) in [5.74, 6) is -0.832. The summed E-state index contributed by atoms with van der Waals surface area (Å²) in [6.07, 6.45) is 0.896. The van der Waals surface area contributed by atoms with E-state index in [1.807, 2.05) is 0 Å². The number of primary amides is 1. The van der Waals surface area contributed by atoms with Crippen LogP contribution in [0.25, 0.3) is 0 Å². The summed E-state index contributed by atoms with van der Waals surface area (Å²) in [7, 11) is 0. The largest absolute Gasteiger partial charge is 0.392 e. The van der Waals surface area contributed by atoms with Crippen LogP contribution < -0.4 is 16.8 Å². The van der Waals surface area contributed by atoms with Crippen molar-refractivity contribution in [3.63, 3.8) is 0 Å². The molecule has 1 aromatic carbocycles. The molecule has 0 unspecified atom stereocenters. The van der Waals surface area contributed by atoms with Gasteiger partial charge < -0.3 is 21.5 Å². The molecule has 0 spiro atoms. The first-order valence-electron chi connectivity index (χ1n) is 6.55. The van der Waals surface area contributed by atoms with Crippen molar-refractivity contribution in [3.05, 3.63) is 29.8 Å². The Morgan fingerprint density at radius 2 is 1.90 bits per heavy atom. The van der Waals surface area contributed by atoms with E-state index in [-0.39, 0.29) is 10.9 Å². The van der Waals surface area contributed by atoms with Crippen molar-refractivity contribution in [1.82, 2.24) is 0 Å². The smallest absolute Gasteiger partial charge is 0.248 e. The van der Waals surface area contributed by atoms with Gasteiger partial charge in [-0.1, -0.05) is 18.3 Å². The molecule has 0 aromatic heterocycles. The molecule has 7 heteroatoms. The summed E-state index contributed by atoms with van der Waals surface area (Å²) in [6.45, 7) is 0.873. The minimum absolute atomic E-state index is 0.161. The van der Waals surface area contributed by atoms with Crippen LogP contribution in [0.2, 0.25) is 0 Å². The third-order valence-electron chi connectivity index (χ3n) is 3.66. The molecule has 1 heterocycles.